The molecule has 0 spiro atoms. The van der Waals surface area contributed by atoms with Gasteiger partial charge in [-0.15, -0.1) is 12.4 Å². The van der Waals surface area contributed by atoms with Crippen molar-refractivity contribution < 1.29 is 9.59 Å². The fourth-order valence-electron chi connectivity index (χ4n) is 3.98. The number of halogens is 1. The molecule has 0 bridgehead atoms. The van der Waals surface area contributed by atoms with Gasteiger partial charge in [-0.05, 0) is 62.8 Å². The highest BCUT2D eigenvalue weighted by Crippen LogP contribution is 2.32. The number of anilines is 1. The molecule has 2 aliphatic rings. The van der Waals surface area contributed by atoms with Crippen molar-refractivity contribution >= 4 is 29.9 Å². The Hall–Kier alpha value is -1.59. The van der Waals surface area contributed by atoms with E-state index in [2.05, 4.69) is 5.32 Å². The molecule has 1 heterocycles. The number of nitrogens with one attached hydrogen (secondary N) is 1. The molecule has 1 saturated carbocycles. The average Bonchev–Trinajstić information content (AvgIpc) is 3.27. The number of likely N-dealkylation sites (tertiary alicyclic amines) is 1. The molecule has 2 atom stereocenters. The molecule has 1 aromatic rings. The van der Waals surface area contributed by atoms with Crippen molar-refractivity contribution in [1.82, 2.24) is 4.90 Å². The van der Waals surface area contributed by atoms with Crippen LogP contribution in [0.5, 0.6) is 0 Å². The minimum Gasteiger partial charge on any atom is -0.339 e. The van der Waals surface area contributed by atoms with Crippen molar-refractivity contribution in [3.63, 3.8) is 0 Å². The number of nitrogens with zero attached hydrogens (tertiary/aromatic N) is 1. The third kappa shape index (κ3) is 4.15. The molecule has 5 nitrogen and oxygen atoms in total. The van der Waals surface area contributed by atoms with Crippen molar-refractivity contribution in [2.24, 2.45) is 17.6 Å². The predicted molar refractivity (Wildman–Crippen MR) is 102 cm³/mol. The third-order valence-corrected chi connectivity index (χ3v) is 5.51. The fourth-order valence-corrected chi connectivity index (χ4v) is 3.98. The number of rotatable bonds is 4. The van der Waals surface area contributed by atoms with Gasteiger partial charge in [-0.3, -0.25) is 9.59 Å². The Bertz CT molecular complexity index is 629. The largest absolute Gasteiger partial charge is 0.339 e. The number of benzene rings is 1. The highest BCUT2D eigenvalue weighted by Gasteiger charge is 2.32. The Morgan fingerprint density at radius 3 is 2.60 bits per heavy atom. The smallest absolute Gasteiger partial charge is 0.254 e. The molecule has 0 unspecified atom stereocenters. The maximum atomic E-state index is 12.7. The normalized spacial score (nSPS) is 22.6. The molecule has 1 saturated heterocycles. The van der Waals surface area contributed by atoms with Gasteiger partial charge in [-0.1, -0.05) is 12.5 Å². The van der Waals surface area contributed by atoms with Crippen molar-refractivity contribution in [2.45, 2.75) is 39.0 Å². The maximum absolute atomic E-state index is 12.7. The first-order valence-electron chi connectivity index (χ1n) is 9.01. The SMILES string of the molecule is Cc1c(NC(=O)[C@@H]2CCC[C@@H]2CN)cccc1C(=O)N1CCCC1.Cl. The number of hydrogen-bond donors (Lipinski definition) is 2. The van der Waals surface area contributed by atoms with E-state index in [0.29, 0.717) is 12.1 Å². The maximum Gasteiger partial charge on any atom is 0.254 e. The summed E-state index contributed by atoms with van der Waals surface area (Å²) in [6, 6.07) is 5.57. The van der Waals surface area contributed by atoms with Gasteiger partial charge in [0.05, 0.1) is 0 Å². The lowest BCUT2D eigenvalue weighted by Gasteiger charge is -2.20. The summed E-state index contributed by atoms with van der Waals surface area (Å²) in [6.07, 6.45) is 5.14. The lowest BCUT2D eigenvalue weighted by Crippen LogP contribution is -2.31. The standard InChI is InChI=1S/C19H27N3O2.ClH/c1-13-15(19(24)22-10-2-3-11-22)7-5-9-17(13)21-18(23)16-8-4-6-14(16)12-20;/h5,7,9,14,16H,2-4,6,8,10-12,20H2,1H3,(H,21,23);1H/t14-,16-;/m1./s1. The first kappa shape index (κ1) is 19.7. The van der Waals surface area contributed by atoms with Crippen LogP contribution in [-0.2, 0) is 4.79 Å². The molecule has 1 aliphatic carbocycles. The highest BCUT2D eigenvalue weighted by molar-refractivity contribution is 6.00. The van der Waals surface area contributed by atoms with E-state index in [1.54, 1.807) is 0 Å². The molecule has 6 heteroatoms. The van der Waals surface area contributed by atoms with Crippen LogP contribution in [0.25, 0.3) is 0 Å². The van der Waals surface area contributed by atoms with Crippen molar-refractivity contribution in [3.05, 3.63) is 29.3 Å². The molecule has 0 radical (unpaired) electrons. The molecule has 138 valence electrons. The van der Waals surface area contributed by atoms with Gasteiger partial charge in [0.2, 0.25) is 5.91 Å². The molecule has 25 heavy (non-hydrogen) atoms. The fraction of sp³-hybridized carbons (Fsp3) is 0.579. The quantitative estimate of drug-likeness (QED) is 0.861. The highest BCUT2D eigenvalue weighted by atomic mass is 35.5. The van der Waals surface area contributed by atoms with Crippen LogP contribution in [0.1, 0.15) is 48.0 Å². The van der Waals surface area contributed by atoms with Crippen LogP contribution in [0.4, 0.5) is 5.69 Å². The van der Waals surface area contributed by atoms with Crippen LogP contribution in [-0.4, -0.2) is 36.3 Å². The summed E-state index contributed by atoms with van der Waals surface area (Å²) in [6.45, 7) is 4.13. The van der Waals surface area contributed by atoms with E-state index < -0.39 is 0 Å². The first-order chi connectivity index (χ1) is 11.6. The molecule has 1 aromatic carbocycles. The zero-order chi connectivity index (χ0) is 17.1. The number of nitrogens with two attached hydrogens (primary N) is 1. The molecule has 3 rings (SSSR count). The van der Waals surface area contributed by atoms with Gasteiger partial charge in [0.25, 0.3) is 5.91 Å². The van der Waals surface area contributed by atoms with E-state index in [1.165, 1.54) is 0 Å². The van der Waals surface area contributed by atoms with Crippen molar-refractivity contribution in [3.8, 4) is 0 Å². The number of carbonyl (C=O) groups excluding carboxylic acids is 2. The number of hydrogen-bond acceptors (Lipinski definition) is 3. The molecule has 2 fully saturated rings. The predicted octanol–water partition coefficient (Wildman–Crippen LogP) is 2.97. The second-order valence-electron chi connectivity index (χ2n) is 7.00. The van der Waals surface area contributed by atoms with Crippen LogP contribution < -0.4 is 11.1 Å². The molecular formula is C19H28ClN3O2. The lowest BCUT2D eigenvalue weighted by atomic mass is 9.95. The minimum absolute atomic E-state index is 0. The minimum atomic E-state index is -0.00709. The van der Waals surface area contributed by atoms with E-state index in [9.17, 15) is 9.59 Å². The van der Waals surface area contributed by atoms with Crippen LogP contribution in [0.2, 0.25) is 0 Å². The van der Waals surface area contributed by atoms with E-state index in [1.807, 2.05) is 30.0 Å². The van der Waals surface area contributed by atoms with Gasteiger partial charge < -0.3 is 16.0 Å². The average molecular weight is 366 g/mol. The van der Waals surface area contributed by atoms with E-state index in [0.717, 1.165) is 56.4 Å². The van der Waals surface area contributed by atoms with Gasteiger partial charge in [0, 0.05) is 30.3 Å². The van der Waals surface area contributed by atoms with Crippen molar-refractivity contribution in [2.75, 3.05) is 25.0 Å². The van der Waals surface area contributed by atoms with Gasteiger partial charge in [0.15, 0.2) is 0 Å². The van der Waals surface area contributed by atoms with Crippen LogP contribution in [0.3, 0.4) is 0 Å². The Kier molecular flexibility index (Phi) is 6.85. The monoisotopic (exact) mass is 365 g/mol. The second-order valence-corrected chi connectivity index (χ2v) is 7.00. The second kappa shape index (κ2) is 8.68. The van der Waals surface area contributed by atoms with Gasteiger partial charge in [-0.2, -0.15) is 0 Å². The first-order valence-corrected chi connectivity index (χ1v) is 9.01. The summed E-state index contributed by atoms with van der Waals surface area (Å²) >= 11 is 0. The van der Waals surface area contributed by atoms with E-state index in [-0.39, 0.29) is 36.1 Å². The molecule has 0 aromatic heterocycles. The molecular weight excluding hydrogens is 338 g/mol. The zero-order valence-electron chi connectivity index (χ0n) is 14.8. The number of carbonyl (C=O) groups is 2. The van der Waals surface area contributed by atoms with Crippen LogP contribution in [0, 0.1) is 18.8 Å². The Morgan fingerprint density at radius 1 is 1.20 bits per heavy atom. The zero-order valence-corrected chi connectivity index (χ0v) is 15.6. The topological polar surface area (TPSA) is 75.4 Å². The van der Waals surface area contributed by atoms with Gasteiger partial charge in [-0.25, -0.2) is 0 Å². The van der Waals surface area contributed by atoms with Crippen molar-refractivity contribution in [1.29, 1.82) is 0 Å². The summed E-state index contributed by atoms with van der Waals surface area (Å²) in [5.74, 6) is 0.380. The molecule has 1 aliphatic heterocycles. The Labute approximate surface area is 155 Å². The summed E-state index contributed by atoms with van der Waals surface area (Å²) in [5, 5.41) is 3.04. The van der Waals surface area contributed by atoms with E-state index >= 15 is 0 Å². The molecule has 3 N–H and O–H groups in total. The Balaban J connectivity index is 0.00000225. The van der Waals surface area contributed by atoms with Gasteiger partial charge in [0.1, 0.15) is 0 Å². The van der Waals surface area contributed by atoms with E-state index in [4.69, 9.17) is 5.73 Å². The third-order valence-electron chi connectivity index (χ3n) is 5.51. The number of amides is 2. The summed E-state index contributed by atoms with van der Waals surface area (Å²) < 4.78 is 0. The molecule has 2 amide bonds. The Morgan fingerprint density at radius 2 is 1.92 bits per heavy atom. The van der Waals surface area contributed by atoms with Crippen LogP contribution in [0.15, 0.2) is 18.2 Å². The summed E-state index contributed by atoms with van der Waals surface area (Å²) in [7, 11) is 0. The summed E-state index contributed by atoms with van der Waals surface area (Å²) in [4.78, 5) is 27.2. The lowest BCUT2D eigenvalue weighted by molar-refractivity contribution is -0.120. The summed E-state index contributed by atoms with van der Waals surface area (Å²) in [5.41, 5.74) is 8.08. The van der Waals surface area contributed by atoms with Gasteiger partial charge >= 0.3 is 0 Å². The van der Waals surface area contributed by atoms with Crippen LogP contribution >= 0.6 is 12.4 Å².